The third kappa shape index (κ3) is 7.01. The van der Waals surface area contributed by atoms with Crippen LogP contribution in [0.2, 0.25) is 5.02 Å². The van der Waals surface area contributed by atoms with Gasteiger partial charge in [0, 0.05) is 54.8 Å². The van der Waals surface area contributed by atoms with E-state index in [4.69, 9.17) is 21.1 Å². The highest BCUT2D eigenvalue weighted by atomic mass is 35.5. The molecule has 0 spiro atoms. The summed E-state index contributed by atoms with van der Waals surface area (Å²) in [6, 6.07) is 21.9. The molecule has 0 radical (unpaired) electrons. The van der Waals surface area contributed by atoms with E-state index < -0.39 is 0 Å². The number of carbonyl (C=O) groups excluding carboxylic acids is 1. The van der Waals surface area contributed by atoms with E-state index in [9.17, 15) is 4.79 Å². The van der Waals surface area contributed by atoms with Crippen molar-refractivity contribution in [1.82, 2.24) is 9.80 Å². The zero-order chi connectivity index (χ0) is 32.4. The summed E-state index contributed by atoms with van der Waals surface area (Å²) in [6.45, 7) is 8.78. The Morgan fingerprint density at radius 3 is 2.28 bits per heavy atom. The lowest BCUT2D eigenvalue weighted by Crippen LogP contribution is -2.53. The number of nitrogens with one attached hydrogen (secondary N) is 1. The molecule has 2 aliphatic heterocycles. The number of hydrogen-bond acceptors (Lipinski definition) is 6. The van der Waals surface area contributed by atoms with Crippen molar-refractivity contribution < 1.29 is 14.3 Å². The molecule has 1 saturated carbocycles. The second-order valence-electron chi connectivity index (χ2n) is 13.3. The van der Waals surface area contributed by atoms with Crippen LogP contribution in [0, 0.1) is 5.92 Å². The summed E-state index contributed by atoms with van der Waals surface area (Å²) >= 11 is 6.31. The van der Waals surface area contributed by atoms with Gasteiger partial charge in [0.25, 0.3) is 0 Å². The molecule has 3 aromatic rings. The molecule has 2 heterocycles. The standard InChI is InChI=1S/C38H47ClN4O3/c1-25(2)46-36-23-34-29(22-35(36)45-5)18-19-43(38(34)28-6-10-30(39)11-7-28)33-16-12-31(13-17-33)40-26(3)27-8-14-32(15-9-27)42-21-20-41(4)37(44)24-42/h6-7,10-13,16-19,22-23,25-27,32,38,40H,8-9,14-15,20-21,24H2,1-5H3. The molecular formula is C38H47ClN4O3. The predicted molar refractivity (Wildman–Crippen MR) is 188 cm³/mol. The normalized spacial score (nSPS) is 22.5. The van der Waals surface area contributed by atoms with Gasteiger partial charge in [0.05, 0.1) is 25.8 Å². The molecule has 2 fully saturated rings. The van der Waals surface area contributed by atoms with Gasteiger partial charge in [-0.1, -0.05) is 23.7 Å². The van der Waals surface area contributed by atoms with E-state index in [1.807, 2.05) is 37.9 Å². The SMILES string of the molecule is COc1cc2c(cc1OC(C)C)C(c1ccc(Cl)cc1)N(c1ccc(NC(C)C3CCC(N4CCN(C)C(=O)C4)CC3)cc1)C=C2. The number of anilines is 2. The fourth-order valence-electron chi connectivity index (χ4n) is 7.26. The Morgan fingerprint density at radius 2 is 1.63 bits per heavy atom. The molecule has 6 rings (SSSR count). The number of carbonyl (C=O) groups is 1. The number of ether oxygens (including phenoxy) is 2. The van der Waals surface area contributed by atoms with E-state index in [0.717, 1.165) is 65.5 Å². The maximum Gasteiger partial charge on any atom is 0.236 e. The monoisotopic (exact) mass is 642 g/mol. The molecule has 0 bridgehead atoms. The van der Waals surface area contributed by atoms with Crippen molar-refractivity contribution in [2.45, 2.75) is 70.7 Å². The maximum atomic E-state index is 12.2. The first-order valence-electron chi connectivity index (χ1n) is 16.7. The molecule has 0 aromatic heterocycles. The number of nitrogens with zero attached hydrogens (tertiary/aromatic N) is 3. The summed E-state index contributed by atoms with van der Waals surface area (Å²) < 4.78 is 11.9. The van der Waals surface area contributed by atoms with Crippen LogP contribution in [0.3, 0.4) is 0 Å². The van der Waals surface area contributed by atoms with Gasteiger partial charge in [-0.25, -0.2) is 0 Å². The first-order chi connectivity index (χ1) is 22.2. The Hall–Kier alpha value is -3.68. The van der Waals surface area contributed by atoms with Crippen LogP contribution in [0.25, 0.3) is 6.08 Å². The van der Waals surface area contributed by atoms with Crippen molar-refractivity contribution in [3.05, 3.63) is 88.6 Å². The smallest absolute Gasteiger partial charge is 0.236 e. The number of benzene rings is 3. The van der Waals surface area contributed by atoms with Crippen LogP contribution in [0.1, 0.15) is 69.2 Å². The van der Waals surface area contributed by atoms with Crippen molar-refractivity contribution in [2.75, 3.05) is 44.0 Å². The molecule has 244 valence electrons. The molecule has 1 amide bonds. The molecule has 1 N–H and O–H groups in total. The number of hydrogen-bond donors (Lipinski definition) is 1. The van der Waals surface area contributed by atoms with Gasteiger partial charge in [0.2, 0.25) is 5.91 Å². The fourth-order valence-corrected chi connectivity index (χ4v) is 7.39. The largest absolute Gasteiger partial charge is 0.493 e. The minimum Gasteiger partial charge on any atom is -0.493 e. The van der Waals surface area contributed by atoms with Gasteiger partial charge in [0.15, 0.2) is 11.5 Å². The zero-order valence-electron chi connectivity index (χ0n) is 27.7. The highest BCUT2D eigenvalue weighted by molar-refractivity contribution is 6.30. The highest BCUT2D eigenvalue weighted by Gasteiger charge is 2.32. The van der Waals surface area contributed by atoms with Crippen molar-refractivity contribution in [1.29, 1.82) is 0 Å². The number of fused-ring (bicyclic) bond motifs is 1. The van der Waals surface area contributed by atoms with E-state index in [0.29, 0.717) is 29.6 Å². The van der Waals surface area contributed by atoms with E-state index in [1.54, 1.807) is 7.11 Å². The van der Waals surface area contributed by atoms with Crippen molar-refractivity contribution in [2.24, 2.45) is 5.92 Å². The molecule has 1 saturated heterocycles. The van der Waals surface area contributed by atoms with Crippen molar-refractivity contribution in [3.8, 4) is 11.5 Å². The second-order valence-corrected chi connectivity index (χ2v) is 13.7. The molecule has 1 aliphatic carbocycles. The molecule has 7 nitrogen and oxygen atoms in total. The molecular weight excluding hydrogens is 596 g/mol. The van der Waals surface area contributed by atoms with Crippen LogP contribution in [0.4, 0.5) is 11.4 Å². The lowest BCUT2D eigenvalue weighted by Gasteiger charge is -2.41. The van der Waals surface area contributed by atoms with Crippen LogP contribution in [-0.2, 0) is 4.79 Å². The van der Waals surface area contributed by atoms with Crippen molar-refractivity contribution >= 4 is 35.0 Å². The first-order valence-corrected chi connectivity index (χ1v) is 17.0. The van der Waals surface area contributed by atoms with Gasteiger partial charge in [0.1, 0.15) is 0 Å². The number of piperazine rings is 1. The molecule has 3 aliphatic rings. The van der Waals surface area contributed by atoms with E-state index in [-0.39, 0.29) is 18.1 Å². The van der Waals surface area contributed by atoms with Gasteiger partial charge in [-0.15, -0.1) is 0 Å². The summed E-state index contributed by atoms with van der Waals surface area (Å²) in [4.78, 5) is 18.8. The minimum absolute atomic E-state index is 0.0243. The van der Waals surface area contributed by atoms with E-state index in [2.05, 4.69) is 82.8 Å². The van der Waals surface area contributed by atoms with Crippen LogP contribution < -0.4 is 19.7 Å². The van der Waals surface area contributed by atoms with Gasteiger partial charge in [-0.3, -0.25) is 9.69 Å². The van der Waals surface area contributed by atoms with Crippen LogP contribution in [0.5, 0.6) is 11.5 Å². The lowest BCUT2D eigenvalue weighted by atomic mass is 9.81. The Bertz CT molecular complexity index is 1530. The molecule has 8 heteroatoms. The number of rotatable bonds is 9. The van der Waals surface area contributed by atoms with Gasteiger partial charge < -0.3 is 24.6 Å². The summed E-state index contributed by atoms with van der Waals surface area (Å²) in [5.41, 5.74) is 5.62. The molecule has 3 aromatic carbocycles. The Labute approximate surface area is 279 Å². The molecule has 46 heavy (non-hydrogen) atoms. The Morgan fingerprint density at radius 1 is 0.913 bits per heavy atom. The fraction of sp³-hybridized carbons (Fsp3) is 0.447. The van der Waals surface area contributed by atoms with Gasteiger partial charge in [-0.2, -0.15) is 0 Å². The van der Waals surface area contributed by atoms with Gasteiger partial charge >= 0.3 is 0 Å². The van der Waals surface area contributed by atoms with E-state index in [1.165, 1.54) is 12.8 Å². The number of amides is 1. The van der Waals surface area contributed by atoms with Crippen LogP contribution in [0.15, 0.2) is 66.9 Å². The lowest BCUT2D eigenvalue weighted by molar-refractivity contribution is -0.135. The summed E-state index contributed by atoms with van der Waals surface area (Å²) in [6.07, 6.45) is 9.02. The summed E-state index contributed by atoms with van der Waals surface area (Å²) in [7, 11) is 3.59. The van der Waals surface area contributed by atoms with Crippen LogP contribution in [-0.4, -0.2) is 67.7 Å². The number of halogens is 1. The third-order valence-electron chi connectivity index (χ3n) is 9.92. The average Bonchev–Trinajstić information content (AvgIpc) is 3.06. The quantitative estimate of drug-likeness (QED) is 0.257. The summed E-state index contributed by atoms with van der Waals surface area (Å²) in [5, 5.41) is 4.51. The second kappa shape index (κ2) is 14.0. The molecule has 2 unspecified atom stereocenters. The zero-order valence-corrected chi connectivity index (χ0v) is 28.5. The number of methoxy groups -OCH3 is 1. The number of likely N-dealkylation sites (N-methyl/N-ethyl adjacent to an activating group) is 1. The highest BCUT2D eigenvalue weighted by Crippen LogP contribution is 2.44. The van der Waals surface area contributed by atoms with Gasteiger partial charge in [-0.05, 0) is 124 Å². The Balaban J connectivity index is 1.17. The minimum atomic E-state index is -0.0683. The maximum absolute atomic E-state index is 12.2. The van der Waals surface area contributed by atoms with Crippen LogP contribution >= 0.6 is 11.6 Å². The van der Waals surface area contributed by atoms with Crippen molar-refractivity contribution in [3.63, 3.8) is 0 Å². The summed E-state index contributed by atoms with van der Waals surface area (Å²) in [5.74, 6) is 2.34. The third-order valence-corrected chi connectivity index (χ3v) is 10.2. The predicted octanol–water partition coefficient (Wildman–Crippen LogP) is 7.85. The first kappa shape index (κ1) is 32.3. The van der Waals surface area contributed by atoms with E-state index >= 15 is 0 Å². The average molecular weight is 643 g/mol. The molecule has 2 atom stereocenters. The Kier molecular flexibility index (Phi) is 9.81. The topological polar surface area (TPSA) is 57.3 Å².